The van der Waals surface area contributed by atoms with Crippen LogP contribution < -0.4 is 4.89 Å². The Balaban J connectivity index is 3.79. The summed E-state index contributed by atoms with van der Waals surface area (Å²) in [6, 6.07) is 0. The molecule has 0 aliphatic heterocycles. The van der Waals surface area contributed by atoms with Gasteiger partial charge in [0, 0.05) is 12.8 Å². The van der Waals surface area contributed by atoms with Crippen LogP contribution in [0, 0.1) is 0 Å². The van der Waals surface area contributed by atoms with E-state index in [4.69, 9.17) is 18.5 Å². The molecule has 616 valence electrons. The standard InChI is InChI=1S/C93H186NO8P/c1-6-8-10-12-14-16-18-20-22-24-26-28-30-32-34-36-38-40-42-44-46-48-50-52-54-56-58-60-62-64-66-68-70-72-74-76-78-80-82-84-86-93(96)102-91(90-101-103(97,98)100-88-87-94(3,4)5)89-99-92(95)85-83-81-79-77-75-73-71-69-67-65-63-61-59-57-55-53-51-49-47-45-43-41-39-37-35-33-31-29-27-25-23-21-19-17-15-13-11-9-7-2/h91H,6-90H2,1-5H3. The Kier molecular flexibility index (Phi) is 84.2. The van der Waals surface area contributed by atoms with Crippen molar-refractivity contribution in [2.75, 3.05) is 47.5 Å². The molecule has 0 bridgehead atoms. The van der Waals surface area contributed by atoms with Crippen molar-refractivity contribution in [2.24, 2.45) is 0 Å². The van der Waals surface area contributed by atoms with Gasteiger partial charge in [-0.3, -0.25) is 14.2 Å². The molecule has 0 heterocycles. The third-order valence-corrected chi connectivity index (χ3v) is 23.3. The molecule has 0 saturated heterocycles. The fraction of sp³-hybridized carbons (Fsp3) is 0.978. The topological polar surface area (TPSA) is 111 Å². The van der Waals surface area contributed by atoms with Crippen LogP contribution in [0.3, 0.4) is 0 Å². The number of hydrogen-bond acceptors (Lipinski definition) is 8. The zero-order valence-corrected chi connectivity index (χ0v) is 71.7. The minimum atomic E-state index is -4.64. The van der Waals surface area contributed by atoms with Crippen LogP contribution in [0.4, 0.5) is 0 Å². The van der Waals surface area contributed by atoms with Gasteiger partial charge in [0.05, 0.1) is 27.7 Å². The molecule has 103 heavy (non-hydrogen) atoms. The quantitative estimate of drug-likeness (QED) is 0.0256. The van der Waals surface area contributed by atoms with Gasteiger partial charge in [-0.2, -0.15) is 0 Å². The van der Waals surface area contributed by atoms with Crippen molar-refractivity contribution in [3.8, 4) is 0 Å². The van der Waals surface area contributed by atoms with Crippen LogP contribution in [0.2, 0.25) is 0 Å². The molecule has 2 atom stereocenters. The van der Waals surface area contributed by atoms with Gasteiger partial charge in [0.25, 0.3) is 7.82 Å². The number of carbonyl (C=O) groups excluding carboxylic acids is 2. The number of rotatable bonds is 91. The third kappa shape index (κ3) is 89.8. The van der Waals surface area contributed by atoms with E-state index in [2.05, 4.69) is 13.8 Å². The number of unbranched alkanes of at least 4 members (excludes halogenated alkanes) is 77. The largest absolute Gasteiger partial charge is 0.756 e. The molecule has 0 aliphatic carbocycles. The predicted octanol–water partition coefficient (Wildman–Crippen LogP) is 31.3. The molecule has 0 N–H and O–H groups in total. The average Bonchev–Trinajstić information content (AvgIpc) is 0.939. The van der Waals surface area contributed by atoms with Crippen molar-refractivity contribution in [1.82, 2.24) is 0 Å². The minimum absolute atomic E-state index is 0.0245. The summed E-state index contributed by atoms with van der Waals surface area (Å²) in [6.45, 7) is 4.36. The molecule has 10 heteroatoms. The molecular formula is C93H186NO8P. The van der Waals surface area contributed by atoms with Gasteiger partial charge < -0.3 is 27.9 Å². The van der Waals surface area contributed by atoms with Crippen LogP contribution in [0.5, 0.6) is 0 Å². The Labute approximate surface area is 645 Å². The fourth-order valence-corrected chi connectivity index (χ4v) is 15.9. The Bertz CT molecular complexity index is 1690. The van der Waals surface area contributed by atoms with E-state index < -0.39 is 26.5 Å². The average molecular weight is 1480 g/mol. The Morgan fingerprint density at radius 3 is 0.621 bits per heavy atom. The van der Waals surface area contributed by atoms with Crippen molar-refractivity contribution < 1.29 is 42.1 Å². The van der Waals surface area contributed by atoms with Crippen LogP contribution in [0.15, 0.2) is 0 Å². The molecule has 9 nitrogen and oxygen atoms in total. The third-order valence-electron chi connectivity index (χ3n) is 22.4. The summed E-state index contributed by atoms with van der Waals surface area (Å²) in [5.41, 5.74) is 0. The van der Waals surface area contributed by atoms with E-state index in [9.17, 15) is 19.0 Å². The van der Waals surface area contributed by atoms with E-state index in [0.717, 1.165) is 32.1 Å². The summed E-state index contributed by atoms with van der Waals surface area (Å²) in [5, 5.41) is 0. The molecule has 0 aliphatic rings. The van der Waals surface area contributed by atoms with Crippen LogP contribution in [-0.2, 0) is 32.7 Å². The van der Waals surface area contributed by atoms with Gasteiger partial charge in [-0.05, 0) is 12.8 Å². The summed E-state index contributed by atoms with van der Waals surface area (Å²) < 4.78 is 34.5. The molecule has 0 aromatic heterocycles. The van der Waals surface area contributed by atoms with E-state index in [0.29, 0.717) is 17.4 Å². The lowest BCUT2D eigenvalue weighted by Gasteiger charge is -2.28. The first kappa shape index (κ1) is 102. The summed E-state index contributed by atoms with van der Waals surface area (Å²) in [5.74, 6) is -0.797. The smallest absolute Gasteiger partial charge is 0.306 e. The molecule has 0 fully saturated rings. The zero-order chi connectivity index (χ0) is 74.7. The maximum absolute atomic E-state index is 12.9. The molecule has 0 amide bonds. The number of esters is 2. The second kappa shape index (κ2) is 85.0. The van der Waals surface area contributed by atoms with Gasteiger partial charge in [-0.1, -0.05) is 508 Å². The summed E-state index contributed by atoms with van der Waals surface area (Å²) in [7, 11) is 1.20. The number of phosphoric ester groups is 1. The second-order valence-electron chi connectivity index (χ2n) is 34.1. The van der Waals surface area contributed by atoms with E-state index >= 15 is 0 Å². The number of phosphoric acid groups is 1. The van der Waals surface area contributed by atoms with Crippen molar-refractivity contribution >= 4 is 19.8 Å². The van der Waals surface area contributed by atoms with Crippen LogP contribution in [-0.4, -0.2) is 70.0 Å². The number of likely N-dealkylation sites (N-methyl/N-ethyl adjacent to an activating group) is 1. The van der Waals surface area contributed by atoms with E-state index in [-0.39, 0.29) is 32.0 Å². The van der Waals surface area contributed by atoms with Crippen molar-refractivity contribution in [1.29, 1.82) is 0 Å². The van der Waals surface area contributed by atoms with Gasteiger partial charge in [0.15, 0.2) is 6.10 Å². The molecule has 0 spiro atoms. The molecule has 0 aromatic rings. The Hall–Kier alpha value is -0.990. The monoisotopic (exact) mass is 1480 g/mol. The van der Waals surface area contributed by atoms with Gasteiger partial charge in [0.2, 0.25) is 0 Å². The second-order valence-corrected chi connectivity index (χ2v) is 35.5. The minimum Gasteiger partial charge on any atom is -0.756 e. The lowest BCUT2D eigenvalue weighted by Crippen LogP contribution is -2.37. The molecule has 0 rings (SSSR count). The van der Waals surface area contributed by atoms with Gasteiger partial charge in [0.1, 0.15) is 19.8 Å². The number of nitrogens with zero attached hydrogens (tertiary/aromatic N) is 1. The highest BCUT2D eigenvalue weighted by atomic mass is 31.2. The number of ether oxygens (including phenoxy) is 2. The summed E-state index contributed by atoms with van der Waals surface area (Å²) in [4.78, 5) is 38.3. The summed E-state index contributed by atoms with van der Waals surface area (Å²) >= 11 is 0. The van der Waals surface area contributed by atoms with Gasteiger partial charge in [-0.25, -0.2) is 0 Å². The highest BCUT2D eigenvalue weighted by molar-refractivity contribution is 7.45. The maximum atomic E-state index is 12.9. The van der Waals surface area contributed by atoms with Crippen LogP contribution in [0.1, 0.15) is 534 Å². The van der Waals surface area contributed by atoms with E-state index in [1.54, 1.807) is 0 Å². The number of quaternary nitrogens is 1. The molecule has 0 saturated carbocycles. The lowest BCUT2D eigenvalue weighted by molar-refractivity contribution is -0.870. The first-order valence-corrected chi connectivity index (χ1v) is 48.7. The highest BCUT2D eigenvalue weighted by Crippen LogP contribution is 2.38. The maximum Gasteiger partial charge on any atom is 0.306 e. The van der Waals surface area contributed by atoms with Crippen molar-refractivity contribution in [3.63, 3.8) is 0 Å². The van der Waals surface area contributed by atoms with Gasteiger partial charge in [-0.15, -0.1) is 0 Å². The van der Waals surface area contributed by atoms with Gasteiger partial charge >= 0.3 is 11.9 Å². The first-order valence-electron chi connectivity index (χ1n) is 47.2. The Morgan fingerprint density at radius 1 is 0.262 bits per heavy atom. The molecule has 2 unspecified atom stereocenters. The number of carbonyl (C=O) groups is 2. The SMILES string of the molecule is CCCCCCCCCCCCCCCCCCCCCCCCCCCCCCCCCCCCCCCCCCC(=O)OC(COC(=O)CCCCCCCCCCCCCCCCCCCCCCCCCCCCCCCCCCCCCCCCC)COP(=O)([O-])OCC[N+](C)(C)C. The lowest BCUT2D eigenvalue weighted by atomic mass is 10.0. The molecule has 0 aromatic carbocycles. The molecular weight excluding hydrogens is 1290 g/mol. The van der Waals surface area contributed by atoms with Crippen molar-refractivity contribution in [3.05, 3.63) is 0 Å². The predicted molar refractivity (Wildman–Crippen MR) is 449 cm³/mol. The Morgan fingerprint density at radius 2 is 0.437 bits per heavy atom. The normalized spacial score (nSPS) is 12.8. The fourth-order valence-electron chi connectivity index (χ4n) is 15.2. The van der Waals surface area contributed by atoms with Crippen LogP contribution in [0.25, 0.3) is 0 Å². The number of hydrogen-bond donors (Lipinski definition) is 0. The van der Waals surface area contributed by atoms with Crippen LogP contribution >= 0.6 is 7.82 Å². The van der Waals surface area contributed by atoms with Crippen molar-refractivity contribution in [2.45, 2.75) is 540 Å². The first-order chi connectivity index (χ1) is 50.5. The van der Waals surface area contributed by atoms with E-state index in [1.165, 1.54) is 469 Å². The summed E-state index contributed by atoms with van der Waals surface area (Å²) in [6.07, 6.45) is 109. The highest BCUT2D eigenvalue weighted by Gasteiger charge is 2.22. The zero-order valence-electron chi connectivity index (χ0n) is 70.8. The van der Waals surface area contributed by atoms with E-state index in [1.807, 2.05) is 21.1 Å². The molecule has 0 radical (unpaired) electrons.